The summed E-state index contributed by atoms with van der Waals surface area (Å²) in [5.74, 6) is 1.90. The third kappa shape index (κ3) is 2.90. The molecule has 1 amide bonds. The molecular formula is C17H24N2O3. The van der Waals surface area contributed by atoms with Crippen LogP contribution >= 0.6 is 0 Å². The van der Waals surface area contributed by atoms with Crippen LogP contribution < -0.4 is 20.1 Å². The van der Waals surface area contributed by atoms with Gasteiger partial charge < -0.3 is 20.1 Å². The standard InChI is InChI=1S/C17H24N2O3/c1-21-13-3-4-15(22-2)12(9-13)11-19-16(20)14-10-17(14)5-7-18-8-6-17/h3-4,9,14,18H,5-8,10-11H2,1-2H3,(H,19,20). The molecule has 1 aromatic rings. The first-order valence-electron chi connectivity index (χ1n) is 7.88. The summed E-state index contributed by atoms with van der Waals surface area (Å²) >= 11 is 0. The molecule has 2 aliphatic rings. The van der Waals surface area contributed by atoms with Gasteiger partial charge in [0, 0.05) is 18.0 Å². The summed E-state index contributed by atoms with van der Waals surface area (Å²) in [5, 5.41) is 6.43. The maximum absolute atomic E-state index is 12.4. The van der Waals surface area contributed by atoms with Crippen molar-refractivity contribution in [3.8, 4) is 11.5 Å². The molecule has 1 unspecified atom stereocenters. The van der Waals surface area contributed by atoms with Crippen LogP contribution in [-0.2, 0) is 11.3 Å². The van der Waals surface area contributed by atoms with E-state index in [9.17, 15) is 4.79 Å². The molecule has 0 aromatic heterocycles. The number of hydrogen-bond acceptors (Lipinski definition) is 4. The lowest BCUT2D eigenvalue weighted by molar-refractivity contribution is -0.123. The molecule has 2 N–H and O–H groups in total. The van der Waals surface area contributed by atoms with Crippen LogP contribution in [0.4, 0.5) is 0 Å². The van der Waals surface area contributed by atoms with Crippen molar-refractivity contribution in [2.75, 3.05) is 27.3 Å². The lowest BCUT2D eigenvalue weighted by atomic mass is 9.92. The Morgan fingerprint density at radius 2 is 2.09 bits per heavy atom. The molecule has 1 aliphatic heterocycles. The Kier molecular flexibility index (Phi) is 4.25. The number of nitrogens with one attached hydrogen (secondary N) is 2. The van der Waals surface area contributed by atoms with E-state index >= 15 is 0 Å². The summed E-state index contributed by atoms with van der Waals surface area (Å²) in [6.07, 6.45) is 3.27. The maximum Gasteiger partial charge on any atom is 0.223 e. The molecule has 120 valence electrons. The lowest BCUT2D eigenvalue weighted by Gasteiger charge is -2.23. The normalized spacial score (nSPS) is 22.2. The SMILES string of the molecule is COc1ccc(OC)c(CNC(=O)C2CC23CCNCC3)c1. The fourth-order valence-electron chi connectivity index (χ4n) is 3.52. The van der Waals surface area contributed by atoms with Gasteiger partial charge in [-0.15, -0.1) is 0 Å². The van der Waals surface area contributed by atoms with E-state index in [4.69, 9.17) is 9.47 Å². The summed E-state index contributed by atoms with van der Waals surface area (Å²) in [4.78, 5) is 12.4. The maximum atomic E-state index is 12.4. The molecule has 5 nitrogen and oxygen atoms in total. The van der Waals surface area contributed by atoms with E-state index in [-0.39, 0.29) is 17.2 Å². The third-order valence-corrected chi connectivity index (χ3v) is 5.05. The number of carbonyl (C=O) groups excluding carboxylic acids is 1. The zero-order valence-corrected chi connectivity index (χ0v) is 13.3. The molecule has 1 saturated carbocycles. The molecule has 3 rings (SSSR count). The molecule has 5 heteroatoms. The Balaban J connectivity index is 1.59. The number of ether oxygens (including phenoxy) is 2. The Morgan fingerprint density at radius 1 is 1.32 bits per heavy atom. The lowest BCUT2D eigenvalue weighted by Crippen LogP contribution is -2.33. The highest BCUT2D eigenvalue weighted by Crippen LogP contribution is 2.58. The first kappa shape index (κ1) is 15.2. The van der Waals surface area contributed by atoms with Gasteiger partial charge in [-0.1, -0.05) is 0 Å². The predicted molar refractivity (Wildman–Crippen MR) is 84.0 cm³/mol. The smallest absolute Gasteiger partial charge is 0.223 e. The summed E-state index contributed by atoms with van der Waals surface area (Å²) in [5.41, 5.74) is 1.21. The average molecular weight is 304 g/mol. The van der Waals surface area contributed by atoms with Gasteiger partial charge in [0.2, 0.25) is 5.91 Å². The highest BCUT2D eigenvalue weighted by atomic mass is 16.5. The monoisotopic (exact) mass is 304 g/mol. The molecule has 1 heterocycles. The fourth-order valence-corrected chi connectivity index (χ4v) is 3.52. The summed E-state index contributed by atoms with van der Waals surface area (Å²) < 4.78 is 10.6. The van der Waals surface area contributed by atoms with Crippen molar-refractivity contribution in [2.24, 2.45) is 11.3 Å². The quantitative estimate of drug-likeness (QED) is 0.869. The Morgan fingerprint density at radius 3 is 2.77 bits per heavy atom. The van der Waals surface area contributed by atoms with Crippen molar-refractivity contribution in [1.29, 1.82) is 0 Å². The minimum atomic E-state index is 0.173. The van der Waals surface area contributed by atoms with Crippen LogP contribution in [0.3, 0.4) is 0 Å². The van der Waals surface area contributed by atoms with Gasteiger partial charge in [-0.3, -0.25) is 4.79 Å². The Labute approximate surface area is 131 Å². The van der Waals surface area contributed by atoms with Crippen molar-refractivity contribution in [3.05, 3.63) is 23.8 Å². The van der Waals surface area contributed by atoms with Gasteiger partial charge in [0.1, 0.15) is 11.5 Å². The van der Waals surface area contributed by atoms with Crippen molar-refractivity contribution < 1.29 is 14.3 Å². The van der Waals surface area contributed by atoms with Crippen molar-refractivity contribution >= 4 is 5.91 Å². The zero-order chi connectivity index (χ0) is 15.6. The largest absolute Gasteiger partial charge is 0.497 e. The van der Waals surface area contributed by atoms with Gasteiger partial charge in [0.25, 0.3) is 0 Å². The number of amides is 1. The number of methoxy groups -OCH3 is 2. The molecule has 1 saturated heterocycles. The second kappa shape index (κ2) is 6.16. The van der Waals surface area contributed by atoms with Crippen molar-refractivity contribution in [3.63, 3.8) is 0 Å². The van der Waals surface area contributed by atoms with Crippen LogP contribution in [0.15, 0.2) is 18.2 Å². The highest BCUT2D eigenvalue weighted by molar-refractivity contribution is 5.82. The molecule has 1 atom stereocenters. The number of benzene rings is 1. The van der Waals surface area contributed by atoms with Gasteiger partial charge >= 0.3 is 0 Å². The fraction of sp³-hybridized carbons (Fsp3) is 0.588. The van der Waals surface area contributed by atoms with E-state index in [0.717, 1.165) is 49.4 Å². The van der Waals surface area contributed by atoms with E-state index in [1.807, 2.05) is 18.2 Å². The van der Waals surface area contributed by atoms with Gasteiger partial charge in [-0.2, -0.15) is 0 Å². The molecule has 0 bridgehead atoms. The van der Waals surface area contributed by atoms with E-state index < -0.39 is 0 Å². The van der Waals surface area contributed by atoms with Gasteiger partial charge in [0.15, 0.2) is 0 Å². The molecule has 1 aromatic carbocycles. The van der Waals surface area contributed by atoms with E-state index in [1.165, 1.54) is 0 Å². The number of hydrogen-bond donors (Lipinski definition) is 2. The number of rotatable bonds is 5. The van der Waals surface area contributed by atoms with Crippen LogP contribution in [0.2, 0.25) is 0 Å². The highest BCUT2D eigenvalue weighted by Gasteiger charge is 2.57. The van der Waals surface area contributed by atoms with Crippen molar-refractivity contribution in [1.82, 2.24) is 10.6 Å². The van der Waals surface area contributed by atoms with Crippen LogP contribution in [0.1, 0.15) is 24.8 Å². The van der Waals surface area contributed by atoms with Crippen LogP contribution in [0.5, 0.6) is 11.5 Å². The van der Waals surface area contributed by atoms with Gasteiger partial charge in [-0.05, 0) is 56.0 Å². The second-order valence-corrected chi connectivity index (χ2v) is 6.26. The molecule has 1 aliphatic carbocycles. The summed E-state index contributed by atoms with van der Waals surface area (Å²) in [6.45, 7) is 2.55. The molecule has 2 fully saturated rings. The number of piperidine rings is 1. The zero-order valence-electron chi connectivity index (χ0n) is 13.3. The van der Waals surface area contributed by atoms with Crippen LogP contribution in [0, 0.1) is 11.3 Å². The van der Waals surface area contributed by atoms with E-state index in [1.54, 1.807) is 14.2 Å². The minimum Gasteiger partial charge on any atom is -0.497 e. The minimum absolute atomic E-state index is 0.173. The first-order valence-corrected chi connectivity index (χ1v) is 7.88. The van der Waals surface area contributed by atoms with E-state index in [0.29, 0.717) is 6.54 Å². The Hall–Kier alpha value is -1.75. The summed E-state index contributed by atoms with van der Waals surface area (Å²) in [7, 11) is 3.27. The molecule has 0 radical (unpaired) electrons. The van der Waals surface area contributed by atoms with Gasteiger partial charge in [0.05, 0.1) is 14.2 Å². The first-order chi connectivity index (χ1) is 10.7. The number of carbonyl (C=O) groups is 1. The van der Waals surface area contributed by atoms with Crippen LogP contribution in [-0.4, -0.2) is 33.2 Å². The average Bonchev–Trinajstić information content (AvgIpc) is 3.26. The topological polar surface area (TPSA) is 59.6 Å². The second-order valence-electron chi connectivity index (χ2n) is 6.26. The molecular weight excluding hydrogens is 280 g/mol. The van der Waals surface area contributed by atoms with Crippen molar-refractivity contribution in [2.45, 2.75) is 25.8 Å². The summed E-state index contributed by atoms with van der Waals surface area (Å²) in [6, 6.07) is 5.63. The Bertz CT molecular complexity index is 553. The predicted octanol–water partition coefficient (Wildman–Crippen LogP) is 1.71. The molecule has 22 heavy (non-hydrogen) atoms. The van der Waals surface area contributed by atoms with Crippen LogP contribution in [0.25, 0.3) is 0 Å². The molecule has 1 spiro atoms. The van der Waals surface area contributed by atoms with Gasteiger partial charge in [-0.25, -0.2) is 0 Å². The third-order valence-electron chi connectivity index (χ3n) is 5.05. The van der Waals surface area contributed by atoms with E-state index in [2.05, 4.69) is 10.6 Å².